The van der Waals surface area contributed by atoms with Gasteiger partial charge < -0.3 is 14.2 Å². The molecule has 0 heterocycles. The molecule has 0 aliphatic rings. The van der Waals surface area contributed by atoms with E-state index in [-0.39, 0.29) is 11.8 Å². The number of halogens is 1. The molecule has 0 bridgehead atoms. The summed E-state index contributed by atoms with van der Waals surface area (Å²) in [7, 11) is 0. The summed E-state index contributed by atoms with van der Waals surface area (Å²) < 4.78 is 29.1. The second-order valence-corrected chi connectivity index (χ2v) is 6.23. The van der Waals surface area contributed by atoms with Gasteiger partial charge in [0.05, 0.1) is 12.2 Å². The second-order valence-electron chi connectivity index (χ2n) is 6.23. The van der Waals surface area contributed by atoms with Crippen LogP contribution in [-0.2, 0) is 4.74 Å². The number of carbonyl (C=O) groups excluding carboxylic acids is 1. The lowest BCUT2D eigenvalue weighted by atomic mass is 10.2. The molecular formula is C22H27FO4. The molecule has 0 aliphatic heterocycles. The third kappa shape index (κ3) is 8.11. The van der Waals surface area contributed by atoms with E-state index in [4.69, 9.17) is 14.2 Å². The number of ether oxygens (including phenoxy) is 3. The van der Waals surface area contributed by atoms with E-state index >= 15 is 0 Å². The zero-order valence-corrected chi connectivity index (χ0v) is 15.8. The van der Waals surface area contributed by atoms with Gasteiger partial charge in [-0.1, -0.05) is 32.6 Å². The van der Waals surface area contributed by atoms with Crippen molar-refractivity contribution in [3.63, 3.8) is 0 Å². The van der Waals surface area contributed by atoms with Crippen LogP contribution in [0, 0.1) is 5.82 Å². The van der Waals surface area contributed by atoms with Gasteiger partial charge in [0.1, 0.15) is 30.5 Å². The highest BCUT2D eigenvalue weighted by Crippen LogP contribution is 2.14. The lowest BCUT2D eigenvalue weighted by Crippen LogP contribution is -2.09. The summed E-state index contributed by atoms with van der Waals surface area (Å²) in [5.74, 6) is 0.631. The maximum Gasteiger partial charge on any atom is 0.338 e. The second kappa shape index (κ2) is 11.9. The molecule has 0 spiro atoms. The maximum atomic E-state index is 12.8. The third-order valence-electron chi connectivity index (χ3n) is 4.01. The Hall–Kier alpha value is -2.56. The number of rotatable bonds is 12. The Kier molecular flexibility index (Phi) is 9.18. The predicted octanol–water partition coefficient (Wildman–Crippen LogP) is 5.41. The van der Waals surface area contributed by atoms with Crippen LogP contribution in [0.1, 0.15) is 49.4 Å². The van der Waals surface area contributed by atoms with Crippen LogP contribution in [0.15, 0.2) is 48.5 Å². The Bertz CT molecular complexity index is 668. The first kappa shape index (κ1) is 20.7. The summed E-state index contributed by atoms with van der Waals surface area (Å²) in [6.45, 7) is 3.32. The van der Waals surface area contributed by atoms with Crippen molar-refractivity contribution in [2.24, 2.45) is 0 Å². The Balaban J connectivity index is 1.63. The molecule has 0 aromatic heterocycles. The van der Waals surface area contributed by atoms with Crippen LogP contribution in [0.25, 0.3) is 0 Å². The van der Waals surface area contributed by atoms with Crippen LogP contribution in [0.5, 0.6) is 11.5 Å². The first-order valence-corrected chi connectivity index (χ1v) is 9.47. The van der Waals surface area contributed by atoms with E-state index in [1.807, 2.05) is 0 Å². The predicted molar refractivity (Wildman–Crippen MR) is 103 cm³/mol. The fourth-order valence-electron chi connectivity index (χ4n) is 2.49. The fourth-order valence-corrected chi connectivity index (χ4v) is 2.49. The van der Waals surface area contributed by atoms with Crippen LogP contribution < -0.4 is 9.47 Å². The molecule has 4 nitrogen and oxygen atoms in total. The number of hydrogen-bond acceptors (Lipinski definition) is 4. The van der Waals surface area contributed by atoms with Crippen LogP contribution in [0.3, 0.4) is 0 Å². The van der Waals surface area contributed by atoms with Crippen LogP contribution in [-0.4, -0.2) is 25.8 Å². The quantitative estimate of drug-likeness (QED) is 0.368. The molecular weight excluding hydrogens is 347 g/mol. The lowest BCUT2D eigenvalue weighted by Gasteiger charge is -2.09. The van der Waals surface area contributed by atoms with E-state index in [0.29, 0.717) is 36.9 Å². The molecule has 0 unspecified atom stereocenters. The number of carbonyl (C=O) groups is 1. The number of benzene rings is 2. The van der Waals surface area contributed by atoms with E-state index in [1.165, 1.54) is 31.4 Å². The molecule has 0 atom stereocenters. The van der Waals surface area contributed by atoms with Gasteiger partial charge in [-0.05, 0) is 55.0 Å². The van der Waals surface area contributed by atoms with Gasteiger partial charge in [0.15, 0.2) is 0 Å². The van der Waals surface area contributed by atoms with Crippen molar-refractivity contribution in [2.45, 2.75) is 39.0 Å². The lowest BCUT2D eigenvalue weighted by molar-refractivity contribution is 0.0497. The van der Waals surface area contributed by atoms with Gasteiger partial charge in [0, 0.05) is 0 Å². The van der Waals surface area contributed by atoms with E-state index < -0.39 is 0 Å². The van der Waals surface area contributed by atoms with Crippen molar-refractivity contribution in [2.75, 3.05) is 19.8 Å². The highest BCUT2D eigenvalue weighted by Gasteiger charge is 2.07. The van der Waals surface area contributed by atoms with E-state index in [1.54, 1.807) is 36.4 Å². The molecule has 2 aromatic rings. The van der Waals surface area contributed by atoms with Crippen molar-refractivity contribution in [3.8, 4) is 11.5 Å². The van der Waals surface area contributed by atoms with Crippen molar-refractivity contribution >= 4 is 5.97 Å². The largest absolute Gasteiger partial charge is 0.490 e. The highest BCUT2D eigenvalue weighted by atomic mass is 19.1. The molecule has 0 saturated carbocycles. The van der Waals surface area contributed by atoms with Gasteiger partial charge in [-0.25, -0.2) is 9.18 Å². The summed E-state index contributed by atoms with van der Waals surface area (Å²) in [6, 6.07) is 12.7. The molecule has 0 N–H and O–H groups in total. The summed E-state index contributed by atoms with van der Waals surface area (Å²) in [4.78, 5) is 12.0. The monoisotopic (exact) mass is 374 g/mol. The molecule has 0 radical (unpaired) electrons. The van der Waals surface area contributed by atoms with E-state index in [9.17, 15) is 9.18 Å². The van der Waals surface area contributed by atoms with E-state index in [2.05, 4.69) is 6.92 Å². The normalized spacial score (nSPS) is 10.4. The zero-order valence-electron chi connectivity index (χ0n) is 15.8. The van der Waals surface area contributed by atoms with Gasteiger partial charge in [0.25, 0.3) is 0 Å². The third-order valence-corrected chi connectivity index (χ3v) is 4.01. The maximum absolute atomic E-state index is 12.8. The average molecular weight is 374 g/mol. The fraction of sp³-hybridized carbons (Fsp3) is 0.409. The average Bonchev–Trinajstić information content (AvgIpc) is 2.69. The molecule has 2 rings (SSSR count). The minimum Gasteiger partial charge on any atom is -0.490 e. The summed E-state index contributed by atoms with van der Waals surface area (Å²) in [5, 5.41) is 0. The van der Waals surface area contributed by atoms with Crippen molar-refractivity contribution in [1.82, 2.24) is 0 Å². The molecule has 5 heteroatoms. The number of unbranched alkanes of at least 4 members (excludes halogenated alkanes) is 4. The first-order chi connectivity index (χ1) is 13.2. The Morgan fingerprint density at radius 2 is 1.33 bits per heavy atom. The Labute approximate surface area is 160 Å². The number of esters is 1. The van der Waals surface area contributed by atoms with Gasteiger partial charge in [-0.3, -0.25) is 0 Å². The van der Waals surface area contributed by atoms with Gasteiger partial charge >= 0.3 is 5.97 Å². The van der Waals surface area contributed by atoms with Crippen LogP contribution >= 0.6 is 0 Å². The van der Waals surface area contributed by atoms with Gasteiger partial charge in [-0.2, -0.15) is 0 Å². The van der Waals surface area contributed by atoms with Crippen molar-refractivity contribution < 1.29 is 23.4 Å². The first-order valence-electron chi connectivity index (χ1n) is 9.47. The minimum atomic E-state index is -0.309. The standard InChI is InChI=1S/C22H27FO4/c1-2-3-4-5-6-15-27-22(24)18-7-11-20(12-8-18)25-16-17-26-21-13-9-19(23)10-14-21/h7-14H,2-6,15-17H2,1H3. The van der Waals surface area contributed by atoms with E-state index in [0.717, 1.165) is 12.8 Å². The molecule has 0 amide bonds. The van der Waals surface area contributed by atoms with Crippen molar-refractivity contribution in [1.29, 1.82) is 0 Å². The molecule has 2 aromatic carbocycles. The summed E-state index contributed by atoms with van der Waals surface area (Å²) in [5.41, 5.74) is 0.512. The molecule has 146 valence electrons. The van der Waals surface area contributed by atoms with Crippen LogP contribution in [0.2, 0.25) is 0 Å². The molecule has 0 fully saturated rings. The number of hydrogen-bond donors (Lipinski definition) is 0. The highest BCUT2D eigenvalue weighted by molar-refractivity contribution is 5.89. The zero-order chi connectivity index (χ0) is 19.3. The minimum absolute atomic E-state index is 0.297. The molecule has 0 saturated heterocycles. The molecule has 0 aliphatic carbocycles. The van der Waals surface area contributed by atoms with Crippen molar-refractivity contribution in [3.05, 3.63) is 59.9 Å². The summed E-state index contributed by atoms with van der Waals surface area (Å²) in [6.07, 6.45) is 5.61. The topological polar surface area (TPSA) is 44.8 Å². The smallest absolute Gasteiger partial charge is 0.338 e. The Morgan fingerprint density at radius 3 is 1.93 bits per heavy atom. The van der Waals surface area contributed by atoms with Gasteiger partial charge in [0.2, 0.25) is 0 Å². The van der Waals surface area contributed by atoms with Gasteiger partial charge in [-0.15, -0.1) is 0 Å². The van der Waals surface area contributed by atoms with Crippen LogP contribution in [0.4, 0.5) is 4.39 Å². The Morgan fingerprint density at radius 1 is 0.778 bits per heavy atom. The molecule has 27 heavy (non-hydrogen) atoms. The summed E-state index contributed by atoms with van der Waals surface area (Å²) >= 11 is 0. The SMILES string of the molecule is CCCCCCCOC(=O)c1ccc(OCCOc2ccc(F)cc2)cc1.